The molecule has 0 aromatic heterocycles. The second-order valence-corrected chi connectivity index (χ2v) is 3.87. The van der Waals surface area contributed by atoms with Gasteiger partial charge in [-0.15, -0.1) is 0 Å². The maximum absolute atomic E-state index is 9.89. The Balaban J connectivity index is 2.56. The lowest BCUT2D eigenvalue weighted by molar-refractivity contribution is 0.170. The average molecular weight is 206 g/mol. The van der Waals surface area contributed by atoms with Gasteiger partial charge in [0.05, 0.1) is 6.10 Å². The lowest BCUT2D eigenvalue weighted by atomic mass is 9.95. The fraction of sp³-hybridized carbons (Fsp3) is 0.385. The van der Waals surface area contributed by atoms with E-state index >= 15 is 0 Å². The molecule has 0 bridgehead atoms. The van der Waals surface area contributed by atoms with Gasteiger partial charge in [0.1, 0.15) is 0 Å². The largest absolute Gasteiger partial charge is 0.396 e. The first-order valence-electron chi connectivity index (χ1n) is 5.16. The molecule has 0 aliphatic carbocycles. The van der Waals surface area contributed by atoms with Crippen LogP contribution in [0, 0.1) is 5.92 Å². The molecule has 0 aliphatic heterocycles. The minimum atomic E-state index is -0.521. The molecule has 2 atom stereocenters. The predicted molar refractivity (Wildman–Crippen MR) is 61.4 cm³/mol. The van der Waals surface area contributed by atoms with Gasteiger partial charge in [-0.3, -0.25) is 0 Å². The van der Waals surface area contributed by atoms with Gasteiger partial charge in [-0.2, -0.15) is 0 Å². The third kappa shape index (κ3) is 3.50. The van der Waals surface area contributed by atoms with Gasteiger partial charge < -0.3 is 10.2 Å². The molecular formula is C13H18O2. The van der Waals surface area contributed by atoms with Crippen molar-refractivity contribution in [1.29, 1.82) is 0 Å². The Morgan fingerprint density at radius 1 is 1.33 bits per heavy atom. The quantitative estimate of drug-likeness (QED) is 0.726. The summed E-state index contributed by atoms with van der Waals surface area (Å²) in [6.45, 7) is 5.86. The second-order valence-electron chi connectivity index (χ2n) is 3.87. The fourth-order valence-corrected chi connectivity index (χ4v) is 1.37. The molecule has 0 heterocycles. The molecule has 2 heteroatoms. The van der Waals surface area contributed by atoms with Crippen molar-refractivity contribution in [2.24, 2.45) is 5.92 Å². The van der Waals surface area contributed by atoms with Crippen LogP contribution in [0.1, 0.15) is 25.0 Å². The van der Waals surface area contributed by atoms with Gasteiger partial charge in [0.25, 0.3) is 0 Å². The number of benzene rings is 1. The lowest BCUT2D eigenvalue weighted by Gasteiger charge is -2.16. The molecule has 2 nitrogen and oxygen atoms in total. The molecule has 0 amide bonds. The zero-order chi connectivity index (χ0) is 11.3. The Bertz CT molecular complexity index is 306. The zero-order valence-corrected chi connectivity index (χ0v) is 9.06. The molecule has 0 aliphatic rings. The molecule has 0 saturated carbocycles. The van der Waals surface area contributed by atoms with Crippen LogP contribution in [0.3, 0.4) is 0 Å². The first kappa shape index (κ1) is 12.0. The van der Waals surface area contributed by atoms with Crippen LogP contribution in [0.5, 0.6) is 0 Å². The SMILES string of the molecule is C=C(C[C@H](O)c1ccccc1)[C@H](C)CO. The van der Waals surface area contributed by atoms with E-state index in [1.54, 1.807) is 0 Å². The summed E-state index contributed by atoms with van der Waals surface area (Å²) >= 11 is 0. The molecule has 0 spiro atoms. The normalized spacial score (nSPS) is 14.6. The smallest absolute Gasteiger partial charge is 0.0827 e. The Morgan fingerprint density at radius 2 is 1.93 bits per heavy atom. The minimum Gasteiger partial charge on any atom is -0.396 e. The first-order valence-corrected chi connectivity index (χ1v) is 5.16. The summed E-state index contributed by atoms with van der Waals surface area (Å²) in [4.78, 5) is 0. The number of hydrogen-bond donors (Lipinski definition) is 2. The molecule has 1 aromatic carbocycles. The highest BCUT2D eigenvalue weighted by Crippen LogP contribution is 2.23. The highest BCUT2D eigenvalue weighted by molar-refractivity contribution is 5.19. The molecule has 1 rings (SSSR count). The van der Waals surface area contributed by atoms with Crippen LogP contribution in [0.2, 0.25) is 0 Å². The van der Waals surface area contributed by atoms with Crippen molar-refractivity contribution in [2.75, 3.05) is 6.61 Å². The maximum atomic E-state index is 9.89. The van der Waals surface area contributed by atoms with E-state index in [0.29, 0.717) is 6.42 Å². The van der Waals surface area contributed by atoms with E-state index in [9.17, 15) is 5.11 Å². The molecule has 0 saturated heterocycles. The van der Waals surface area contributed by atoms with Crippen LogP contribution >= 0.6 is 0 Å². The van der Waals surface area contributed by atoms with Crippen molar-refractivity contribution in [1.82, 2.24) is 0 Å². The maximum Gasteiger partial charge on any atom is 0.0827 e. The molecular weight excluding hydrogens is 188 g/mol. The standard InChI is InChI=1S/C13H18O2/c1-10(11(2)9-14)8-13(15)12-6-4-3-5-7-12/h3-7,11,13-15H,1,8-9H2,2H3/t11-,13+/m1/s1. The van der Waals surface area contributed by atoms with Crippen LogP contribution in [0.15, 0.2) is 42.5 Å². The van der Waals surface area contributed by atoms with E-state index in [0.717, 1.165) is 11.1 Å². The summed E-state index contributed by atoms with van der Waals surface area (Å²) in [6.07, 6.45) is -0.0150. The highest BCUT2D eigenvalue weighted by Gasteiger charge is 2.12. The fourth-order valence-electron chi connectivity index (χ4n) is 1.37. The van der Waals surface area contributed by atoms with E-state index < -0.39 is 6.10 Å². The number of aliphatic hydroxyl groups is 2. The van der Waals surface area contributed by atoms with E-state index in [-0.39, 0.29) is 12.5 Å². The van der Waals surface area contributed by atoms with Gasteiger partial charge in [0.2, 0.25) is 0 Å². The molecule has 0 radical (unpaired) electrons. The Labute approximate surface area is 90.9 Å². The molecule has 1 aromatic rings. The minimum absolute atomic E-state index is 0.0448. The summed E-state index contributed by atoms with van der Waals surface area (Å²) in [6, 6.07) is 9.50. The van der Waals surface area contributed by atoms with Gasteiger partial charge in [0, 0.05) is 6.61 Å². The van der Waals surface area contributed by atoms with E-state index in [4.69, 9.17) is 5.11 Å². The van der Waals surface area contributed by atoms with Crippen LogP contribution < -0.4 is 0 Å². The third-order valence-electron chi connectivity index (χ3n) is 2.61. The van der Waals surface area contributed by atoms with Gasteiger partial charge in [-0.05, 0) is 17.9 Å². The van der Waals surface area contributed by atoms with Gasteiger partial charge in [-0.25, -0.2) is 0 Å². The second kappa shape index (κ2) is 5.69. The van der Waals surface area contributed by atoms with Gasteiger partial charge >= 0.3 is 0 Å². The lowest BCUT2D eigenvalue weighted by Crippen LogP contribution is -2.07. The summed E-state index contributed by atoms with van der Waals surface area (Å²) in [5.74, 6) is 0.0448. The van der Waals surface area contributed by atoms with Gasteiger partial charge in [-0.1, -0.05) is 49.4 Å². The number of aliphatic hydroxyl groups excluding tert-OH is 2. The number of rotatable bonds is 5. The highest BCUT2D eigenvalue weighted by atomic mass is 16.3. The van der Waals surface area contributed by atoms with Crippen LogP contribution in [-0.4, -0.2) is 16.8 Å². The van der Waals surface area contributed by atoms with Crippen molar-refractivity contribution < 1.29 is 10.2 Å². The molecule has 15 heavy (non-hydrogen) atoms. The molecule has 82 valence electrons. The van der Waals surface area contributed by atoms with Crippen LogP contribution in [0.4, 0.5) is 0 Å². The summed E-state index contributed by atoms with van der Waals surface area (Å²) in [5, 5.41) is 18.8. The monoisotopic (exact) mass is 206 g/mol. The van der Waals surface area contributed by atoms with Gasteiger partial charge in [0.15, 0.2) is 0 Å². The van der Waals surface area contributed by atoms with Crippen molar-refractivity contribution in [2.45, 2.75) is 19.4 Å². The van der Waals surface area contributed by atoms with Crippen LogP contribution in [0.25, 0.3) is 0 Å². The summed E-state index contributed by atoms with van der Waals surface area (Å²) < 4.78 is 0. The number of hydrogen-bond acceptors (Lipinski definition) is 2. The Kier molecular flexibility index (Phi) is 4.53. The predicted octanol–water partition coefficient (Wildman–Crippen LogP) is 2.29. The summed E-state index contributed by atoms with van der Waals surface area (Å²) in [5.41, 5.74) is 1.78. The first-order chi connectivity index (χ1) is 7.15. The van der Waals surface area contributed by atoms with E-state index in [2.05, 4.69) is 6.58 Å². The summed E-state index contributed by atoms with van der Waals surface area (Å²) in [7, 11) is 0. The topological polar surface area (TPSA) is 40.5 Å². The van der Waals surface area contributed by atoms with Crippen molar-refractivity contribution in [3.8, 4) is 0 Å². The van der Waals surface area contributed by atoms with Crippen molar-refractivity contribution in [3.05, 3.63) is 48.0 Å². The molecule has 0 fully saturated rings. The molecule has 2 N–H and O–H groups in total. The third-order valence-corrected chi connectivity index (χ3v) is 2.61. The van der Waals surface area contributed by atoms with E-state index in [1.807, 2.05) is 37.3 Å². The zero-order valence-electron chi connectivity index (χ0n) is 9.06. The van der Waals surface area contributed by atoms with Crippen molar-refractivity contribution >= 4 is 0 Å². The Hall–Kier alpha value is -1.12. The van der Waals surface area contributed by atoms with E-state index in [1.165, 1.54) is 0 Å². The molecule has 0 unspecified atom stereocenters. The van der Waals surface area contributed by atoms with Crippen molar-refractivity contribution in [3.63, 3.8) is 0 Å². The van der Waals surface area contributed by atoms with Crippen LogP contribution in [-0.2, 0) is 0 Å². The Morgan fingerprint density at radius 3 is 2.47 bits per heavy atom. The average Bonchev–Trinajstić information content (AvgIpc) is 2.29.